The molecule has 0 radical (unpaired) electrons. The summed E-state index contributed by atoms with van der Waals surface area (Å²) in [6.07, 6.45) is 1.94. The van der Waals surface area contributed by atoms with Crippen molar-refractivity contribution in [3.63, 3.8) is 0 Å². The van der Waals surface area contributed by atoms with E-state index < -0.39 is 0 Å². The molecule has 1 unspecified atom stereocenters. The number of rotatable bonds is 6. The van der Waals surface area contributed by atoms with Gasteiger partial charge in [-0.15, -0.1) is 0 Å². The fourth-order valence-corrected chi connectivity index (χ4v) is 2.99. The maximum atomic E-state index is 11.8. The number of piperidine rings is 1. The van der Waals surface area contributed by atoms with Crippen LogP contribution in [0.2, 0.25) is 0 Å². The van der Waals surface area contributed by atoms with E-state index in [1.807, 2.05) is 32.0 Å². The summed E-state index contributed by atoms with van der Waals surface area (Å²) in [5.74, 6) is 6.66. The number of benzene rings is 1. The van der Waals surface area contributed by atoms with Gasteiger partial charge in [-0.3, -0.25) is 15.1 Å². The number of nitrogens with one attached hydrogen (secondary N) is 1. The van der Waals surface area contributed by atoms with Gasteiger partial charge in [-0.1, -0.05) is 12.1 Å². The van der Waals surface area contributed by atoms with Crippen LogP contribution in [-0.2, 0) is 11.3 Å². The molecule has 1 amide bonds. The van der Waals surface area contributed by atoms with E-state index in [9.17, 15) is 4.79 Å². The number of para-hydroxylation sites is 1. The molecule has 1 aromatic rings. The minimum absolute atomic E-state index is 0.0474. The third-order valence-electron chi connectivity index (χ3n) is 4.05. The van der Waals surface area contributed by atoms with E-state index in [2.05, 4.69) is 10.3 Å². The van der Waals surface area contributed by atoms with Crippen molar-refractivity contribution in [1.82, 2.24) is 10.3 Å². The van der Waals surface area contributed by atoms with Crippen molar-refractivity contribution in [2.45, 2.75) is 39.3 Å². The summed E-state index contributed by atoms with van der Waals surface area (Å²) in [6.45, 7) is 6.40. The Morgan fingerprint density at radius 2 is 2.26 bits per heavy atom. The number of hydrogen-bond acceptors (Lipinski definition) is 5. The zero-order valence-electron chi connectivity index (χ0n) is 14.2. The molecule has 1 aliphatic heterocycles. The first kappa shape index (κ1) is 17.6. The van der Waals surface area contributed by atoms with Gasteiger partial charge in [0.25, 0.3) is 0 Å². The highest BCUT2D eigenvalue weighted by Crippen LogP contribution is 2.33. The highest BCUT2D eigenvalue weighted by molar-refractivity contribution is 5.78. The van der Waals surface area contributed by atoms with E-state index in [1.54, 1.807) is 7.11 Å². The van der Waals surface area contributed by atoms with Gasteiger partial charge in [0, 0.05) is 18.7 Å². The average Bonchev–Trinajstić information content (AvgIpc) is 2.55. The molecule has 0 aromatic heterocycles. The molecule has 2 rings (SSSR count). The Hall–Kier alpha value is -1.79. The first-order valence-electron chi connectivity index (χ1n) is 8.10. The van der Waals surface area contributed by atoms with Gasteiger partial charge in [0.1, 0.15) is 0 Å². The van der Waals surface area contributed by atoms with Gasteiger partial charge in [0.2, 0.25) is 5.91 Å². The number of carbonyl (C=O) groups excluding carboxylic acids is 1. The molecule has 3 N–H and O–H groups in total. The molecule has 128 valence electrons. The van der Waals surface area contributed by atoms with E-state index in [4.69, 9.17) is 15.3 Å². The predicted octanol–water partition coefficient (Wildman–Crippen LogP) is 1.68. The molecule has 1 heterocycles. The molecular weight excluding hydrogens is 294 g/mol. The van der Waals surface area contributed by atoms with Crippen LogP contribution in [0.4, 0.5) is 0 Å². The zero-order chi connectivity index (χ0) is 16.8. The Labute approximate surface area is 137 Å². The first-order chi connectivity index (χ1) is 11.0. The third kappa shape index (κ3) is 4.59. The molecule has 0 spiro atoms. The zero-order valence-corrected chi connectivity index (χ0v) is 14.2. The summed E-state index contributed by atoms with van der Waals surface area (Å²) < 4.78 is 11.4. The molecule has 0 aliphatic carbocycles. The predicted molar refractivity (Wildman–Crippen MR) is 89.1 cm³/mol. The monoisotopic (exact) mass is 321 g/mol. The number of hydrogen-bond donors (Lipinski definition) is 2. The maximum absolute atomic E-state index is 11.8. The highest BCUT2D eigenvalue weighted by Gasteiger charge is 2.26. The number of nitrogens with zero attached hydrogens (tertiary/aromatic N) is 1. The second-order valence-electron chi connectivity index (χ2n) is 6.20. The molecule has 1 fully saturated rings. The molecule has 6 nitrogen and oxygen atoms in total. The van der Waals surface area contributed by atoms with Crippen LogP contribution in [0.1, 0.15) is 32.3 Å². The fourth-order valence-electron chi connectivity index (χ4n) is 2.99. The van der Waals surface area contributed by atoms with Crippen LogP contribution in [0.3, 0.4) is 0 Å². The highest BCUT2D eigenvalue weighted by atomic mass is 16.5. The average molecular weight is 321 g/mol. The standard InChI is InChI=1S/C17H27N3O3/c1-12(2)23-16-13(6-4-8-15(16)22-3)10-20-9-5-7-14(11-20)17(21)19-18/h4,6,8,12,14H,5,7,9-11,18H2,1-3H3,(H,19,21). The summed E-state index contributed by atoms with van der Waals surface area (Å²) in [4.78, 5) is 14.0. The van der Waals surface area contributed by atoms with Gasteiger partial charge in [0.15, 0.2) is 11.5 Å². The van der Waals surface area contributed by atoms with Crippen molar-refractivity contribution in [1.29, 1.82) is 0 Å². The van der Waals surface area contributed by atoms with E-state index in [0.717, 1.165) is 43.0 Å². The Balaban J connectivity index is 2.14. The lowest BCUT2D eigenvalue weighted by atomic mass is 9.97. The van der Waals surface area contributed by atoms with Gasteiger partial charge >= 0.3 is 0 Å². The summed E-state index contributed by atoms with van der Waals surface area (Å²) >= 11 is 0. The van der Waals surface area contributed by atoms with Crippen molar-refractivity contribution in [2.24, 2.45) is 11.8 Å². The van der Waals surface area contributed by atoms with Gasteiger partial charge in [-0.05, 0) is 39.3 Å². The number of nitrogens with two attached hydrogens (primary N) is 1. The summed E-state index contributed by atoms with van der Waals surface area (Å²) in [5.41, 5.74) is 3.34. The summed E-state index contributed by atoms with van der Waals surface area (Å²) in [5, 5.41) is 0. The topological polar surface area (TPSA) is 76.8 Å². The van der Waals surface area contributed by atoms with Gasteiger partial charge < -0.3 is 9.47 Å². The van der Waals surface area contributed by atoms with Crippen molar-refractivity contribution < 1.29 is 14.3 Å². The quantitative estimate of drug-likeness (QED) is 0.474. The fraction of sp³-hybridized carbons (Fsp3) is 0.588. The molecule has 1 aliphatic rings. The lowest BCUT2D eigenvalue weighted by molar-refractivity contribution is -0.126. The SMILES string of the molecule is COc1cccc(CN2CCCC(C(=O)NN)C2)c1OC(C)C. The Bertz CT molecular complexity index is 534. The molecule has 1 aromatic carbocycles. The van der Waals surface area contributed by atoms with Crippen molar-refractivity contribution >= 4 is 5.91 Å². The number of ether oxygens (including phenoxy) is 2. The Morgan fingerprint density at radius 1 is 1.48 bits per heavy atom. The van der Waals surface area contributed by atoms with Gasteiger partial charge in [-0.25, -0.2) is 5.84 Å². The third-order valence-corrected chi connectivity index (χ3v) is 4.05. The normalized spacial score (nSPS) is 18.7. The number of hydrazine groups is 1. The van der Waals surface area contributed by atoms with E-state index in [1.165, 1.54) is 0 Å². The van der Waals surface area contributed by atoms with Crippen LogP contribution >= 0.6 is 0 Å². The number of likely N-dealkylation sites (tertiary alicyclic amines) is 1. The van der Waals surface area contributed by atoms with Gasteiger partial charge in [-0.2, -0.15) is 0 Å². The van der Waals surface area contributed by atoms with Crippen molar-refractivity contribution in [3.8, 4) is 11.5 Å². The molecular formula is C17H27N3O3. The van der Waals surface area contributed by atoms with E-state index >= 15 is 0 Å². The largest absolute Gasteiger partial charge is 0.493 e. The van der Waals surface area contributed by atoms with Crippen LogP contribution < -0.4 is 20.7 Å². The second kappa shape index (κ2) is 8.17. The Morgan fingerprint density at radius 3 is 2.91 bits per heavy atom. The first-order valence-corrected chi connectivity index (χ1v) is 8.10. The lowest BCUT2D eigenvalue weighted by Gasteiger charge is -2.32. The number of methoxy groups -OCH3 is 1. The minimum Gasteiger partial charge on any atom is -0.493 e. The Kier molecular flexibility index (Phi) is 6.24. The second-order valence-corrected chi connectivity index (χ2v) is 6.20. The van der Waals surface area contributed by atoms with Crippen LogP contribution in [0.5, 0.6) is 11.5 Å². The van der Waals surface area contributed by atoms with Crippen molar-refractivity contribution in [2.75, 3.05) is 20.2 Å². The van der Waals surface area contributed by atoms with Crippen LogP contribution in [0.15, 0.2) is 18.2 Å². The summed E-state index contributed by atoms with van der Waals surface area (Å²) in [6, 6.07) is 5.92. The molecule has 1 atom stereocenters. The summed E-state index contributed by atoms with van der Waals surface area (Å²) in [7, 11) is 1.65. The molecule has 1 saturated heterocycles. The molecule has 0 saturated carbocycles. The van der Waals surface area contributed by atoms with Crippen LogP contribution in [0, 0.1) is 5.92 Å². The van der Waals surface area contributed by atoms with E-state index in [0.29, 0.717) is 6.54 Å². The lowest BCUT2D eigenvalue weighted by Crippen LogP contribution is -2.44. The smallest absolute Gasteiger partial charge is 0.238 e. The molecule has 0 bridgehead atoms. The van der Waals surface area contributed by atoms with Gasteiger partial charge in [0.05, 0.1) is 19.1 Å². The van der Waals surface area contributed by atoms with Crippen LogP contribution in [-0.4, -0.2) is 37.1 Å². The number of carbonyl (C=O) groups is 1. The van der Waals surface area contributed by atoms with E-state index in [-0.39, 0.29) is 17.9 Å². The van der Waals surface area contributed by atoms with Crippen molar-refractivity contribution in [3.05, 3.63) is 23.8 Å². The van der Waals surface area contributed by atoms with Crippen LogP contribution in [0.25, 0.3) is 0 Å². The molecule has 6 heteroatoms. The minimum atomic E-state index is -0.0843. The maximum Gasteiger partial charge on any atom is 0.238 e. The number of amides is 1. The molecule has 23 heavy (non-hydrogen) atoms.